The van der Waals surface area contributed by atoms with Crippen molar-refractivity contribution >= 4 is 28.4 Å². The Morgan fingerprint density at radius 1 is 1.33 bits per heavy atom. The Morgan fingerprint density at radius 2 is 2.15 bits per heavy atom. The number of carbonyl (C=O) groups excluding carboxylic acids is 2. The molecule has 27 heavy (non-hydrogen) atoms. The molecule has 2 aromatic rings. The van der Waals surface area contributed by atoms with Crippen LogP contribution in [0.3, 0.4) is 0 Å². The molecule has 144 valence electrons. The molecule has 0 aliphatic carbocycles. The number of aliphatic hydroxyl groups is 1. The van der Waals surface area contributed by atoms with Crippen molar-refractivity contribution in [2.45, 2.75) is 25.8 Å². The van der Waals surface area contributed by atoms with Crippen molar-refractivity contribution in [2.75, 3.05) is 31.7 Å². The highest BCUT2D eigenvalue weighted by Gasteiger charge is 2.30. The van der Waals surface area contributed by atoms with Crippen LogP contribution in [-0.2, 0) is 14.3 Å². The van der Waals surface area contributed by atoms with E-state index in [4.69, 9.17) is 9.84 Å². The zero-order valence-corrected chi connectivity index (χ0v) is 15.0. The average Bonchev–Trinajstić information content (AvgIpc) is 2.63. The lowest BCUT2D eigenvalue weighted by molar-refractivity contribution is -0.135. The number of carbonyl (C=O) groups is 2. The van der Waals surface area contributed by atoms with E-state index in [1.165, 1.54) is 4.57 Å². The molecular formula is C18H22N4O5. The highest BCUT2D eigenvalue weighted by molar-refractivity contribution is 5.99. The lowest BCUT2D eigenvalue weighted by Crippen LogP contribution is -2.45. The molecule has 0 spiro atoms. The van der Waals surface area contributed by atoms with Gasteiger partial charge in [0.2, 0.25) is 11.8 Å². The van der Waals surface area contributed by atoms with Crippen LogP contribution < -0.4 is 16.2 Å². The summed E-state index contributed by atoms with van der Waals surface area (Å²) in [5, 5.41) is 14.5. The van der Waals surface area contributed by atoms with Gasteiger partial charge in [0.15, 0.2) is 0 Å². The minimum Gasteiger partial charge on any atom is -0.394 e. The van der Waals surface area contributed by atoms with Crippen LogP contribution >= 0.6 is 0 Å². The number of ether oxygens (including phenoxy) is 1. The number of hydrogen-bond acceptors (Lipinski definition) is 7. The van der Waals surface area contributed by atoms with Crippen LogP contribution in [0.25, 0.3) is 10.9 Å². The molecule has 2 amide bonds. The van der Waals surface area contributed by atoms with E-state index < -0.39 is 11.9 Å². The number of benzene rings is 1. The maximum atomic E-state index is 13.2. The first-order chi connectivity index (χ1) is 13.0. The number of aliphatic hydroxyl groups excluding tert-OH is 1. The van der Waals surface area contributed by atoms with Gasteiger partial charge in [-0.25, -0.2) is 4.98 Å². The first-order valence-corrected chi connectivity index (χ1v) is 8.81. The van der Waals surface area contributed by atoms with Gasteiger partial charge in [-0.15, -0.1) is 0 Å². The molecule has 1 fully saturated rings. The van der Waals surface area contributed by atoms with Gasteiger partial charge in [-0.1, -0.05) is 6.07 Å². The minimum absolute atomic E-state index is 0.0475. The molecule has 1 aliphatic heterocycles. The van der Waals surface area contributed by atoms with Gasteiger partial charge >= 0.3 is 0 Å². The average molecular weight is 374 g/mol. The smallest absolute Gasteiger partial charge is 0.264 e. The van der Waals surface area contributed by atoms with E-state index in [0.717, 1.165) is 0 Å². The molecule has 1 aromatic heterocycles. The van der Waals surface area contributed by atoms with Gasteiger partial charge in [0.25, 0.3) is 5.56 Å². The molecule has 0 radical (unpaired) electrons. The summed E-state index contributed by atoms with van der Waals surface area (Å²) in [6, 6.07) is 4.54. The summed E-state index contributed by atoms with van der Waals surface area (Å²) in [5.74, 6) is -0.396. The van der Waals surface area contributed by atoms with Crippen molar-refractivity contribution in [3.63, 3.8) is 0 Å². The summed E-state index contributed by atoms with van der Waals surface area (Å²) in [5.41, 5.74) is 0.798. The SMILES string of the molecule is Cc1nc2cccc(NCCOCCO)c2c(=O)n1C1CCC(=O)NC1=O. The number of nitrogens with one attached hydrogen (secondary N) is 2. The van der Waals surface area contributed by atoms with E-state index in [0.29, 0.717) is 35.6 Å². The van der Waals surface area contributed by atoms with Crippen LogP contribution in [0.1, 0.15) is 24.7 Å². The molecule has 2 heterocycles. The molecule has 1 atom stereocenters. The molecule has 0 saturated carbocycles. The highest BCUT2D eigenvalue weighted by Crippen LogP contribution is 2.23. The summed E-state index contributed by atoms with van der Waals surface area (Å²) in [6.07, 6.45) is 0.450. The number of imide groups is 1. The molecule has 9 nitrogen and oxygen atoms in total. The molecule has 9 heteroatoms. The van der Waals surface area contributed by atoms with Crippen LogP contribution in [0.5, 0.6) is 0 Å². The summed E-state index contributed by atoms with van der Waals surface area (Å²) < 4.78 is 6.57. The Hall–Kier alpha value is -2.78. The molecule has 3 N–H and O–H groups in total. The molecule has 1 saturated heterocycles. The van der Waals surface area contributed by atoms with Crippen LogP contribution in [-0.4, -0.2) is 52.8 Å². The van der Waals surface area contributed by atoms with E-state index in [9.17, 15) is 14.4 Å². The van der Waals surface area contributed by atoms with Crippen molar-refractivity contribution < 1.29 is 19.4 Å². The van der Waals surface area contributed by atoms with E-state index in [1.807, 2.05) is 0 Å². The molecule has 1 aliphatic rings. The van der Waals surface area contributed by atoms with Gasteiger partial charge in [0.1, 0.15) is 11.9 Å². The Kier molecular flexibility index (Phi) is 5.82. The standard InChI is InChI=1S/C18H22N4O5/c1-11-20-13-4-2-3-12(19-7-9-27-10-8-23)16(13)18(26)22(11)14-5-6-15(24)21-17(14)25/h2-4,14,19,23H,5-10H2,1H3,(H,21,24,25). The second-order valence-electron chi connectivity index (χ2n) is 6.26. The number of hydrogen-bond donors (Lipinski definition) is 3. The maximum Gasteiger partial charge on any atom is 0.264 e. The zero-order valence-electron chi connectivity index (χ0n) is 15.0. The number of fused-ring (bicyclic) bond motifs is 1. The summed E-state index contributed by atoms with van der Waals surface area (Å²) in [6.45, 7) is 2.70. The van der Waals surface area contributed by atoms with Gasteiger partial charge in [-0.2, -0.15) is 0 Å². The van der Waals surface area contributed by atoms with Gasteiger partial charge in [0, 0.05) is 18.7 Å². The van der Waals surface area contributed by atoms with E-state index in [-0.39, 0.29) is 37.5 Å². The Balaban J connectivity index is 1.96. The van der Waals surface area contributed by atoms with Crippen molar-refractivity contribution in [3.8, 4) is 0 Å². The van der Waals surface area contributed by atoms with Gasteiger partial charge in [-0.05, 0) is 25.5 Å². The number of anilines is 1. The summed E-state index contributed by atoms with van der Waals surface area (Å²) in [4.78, 5) is 41.3. The molecule has 1 unspecified atom stereocenters. The van der Waals surface area contributed by atoms with Gasteiger partial charge in [0.05, 0.1) is 30.7 Å². The number of rotatable bonds is 7. The number of amides is 2. The van der Waals surface area contributed by atoms with E-state index >= 15 is 0 Å². The highest BCUT2D eigenvalue weighted by atomic mass is 16.5. The predicted molar refractivity (Wildman–Crippen MR) is 98.6 cm³/mol. The van der Waals surface area contributed by atoms with E-state index in [1.54, 1.807) is 25.1 Å². The number of aryl methyl sites for hydroxylation is 1. The third kappa shape index (κ3) is 3.99. The lowest BCUT2D eigenvalue weighted by Gasteiger charge is -2.24. The Labute approximate surface area is 155 Å². The normalized spacial score (nSPS) is 17.2. The van der Waals surface area contributed by atoms with Crippen molar-refractivity contribution in [2.24, 2.45) is 0 Å². The molecule has 0 bridgehead atoms. The van der Waals surface area contributed by atoms with Gasteiger partial charge in [-0.3, -0.25) is 24.3 Å². The third-order valence-corrected chi connectivity index (χ3v) is 4.43. The van der Waals surface area contributed by atoms with Crippen LogP contribution in [0.2, 0.25) is 0 Å². The lowest BCUT2D eigenvalue weighted by atomic mass is 10.1. The largest absolute Gasteiger partial charge is 0.394 e. The van der Waals surface area contributed by atoms with Gasteiger partial charge < -0.3 is 15.2 Å². The zero-order chi connectivity index (χ0) is 19.4. The fraction of sp³-hybridized carbons (Fsp3) is 0.444. The number of piperidine rings is 1. The fourth-order valence-electron chi connectivity index (χ4n) is 3.22. The number of nitrogens with zero attached hydrogens (tertiary/aromatic N) is 2. The Morgan fingerprint density at radius 3 is 2.89 bits per heavy atom. The second-order valence-corrected chi connectivity index (χ2v) is 6.26. The van der Waals surface area contributed by atoms with Crippen molar-refractivity contribution in [1.29, 1.82) is 0 Å². The quantitative estimate of drug-likeness (QED) is 0.464. The maximum absolute atomic E-state index is 13.2. The van der Waals surface area contributed by atoms with Crippen LogP contribution in [0.4, 0.5) is 5.69 Å². The first-order valence-electron chi connectivity index (χ1n) is 8.81. The topological polar surface area (TPSA) is 123 Å². The number of aromatic nitrogens is 2. The monoisotopic (exact) mass is 374 g/mol. The van der Waals surface area contributed by atoms with Crippen LogP contribution in [0, 0.1) is 6.92 Å². The fourth-order valence-corrected chi connectivity index (χ4v) is 3.22. The minimum atomic E-state index is -0.756. The van der Waals surface area contributed by atoms with E-state index in [2.05, 4.69) is 15.6 Å². The predicted octanol–water partition coefficient (Wildman–Crippen LogP) is 0.103. The summed E-state index contributed by atoms with van der Waals surface area (Å²) in [7, 11) is 0. The molecular weight excluding hydrogens is 352 g/mol. The van der Waals surface area contributed by atoms with Crippen molar-refractivity contribution in [3.05, 3.63) is 34.4 Å². The summed E-state index contributed by atoms with van der Waals surface area (Å²) >= 11 is 0. The molecule has 1 aromatic carbocycles. The van der Waals surface area contributed by atoms with Crippen molar-refractivity contribution in [1.82, 2.24) is 14.9 Å². The Bertz CT molecular complexity index is 924. The molecule has 3 rings (SSSR count). The first kappa shape index (κ1) is 19.0. The third-order valence-electron chi connectivity index (χ3n) is 4.43. The van der Waals surface area contributed by atoms with Crippen LogP contribution in [0.15, 0.2) is 23.0 Å². The second kappa shape index (κ2) is 8.28.